The molecule has 2 aromatic heterocycles. The molecule has 1 N–H and O–H groups in total. The minimum Gasteiger partial charge on any atom is -0.448 e. The lowest BCUT2D eigenvalue weighted by Gasteiger charge is -2.30. The summed E-state index contributed by atoms with van der Waals surface area (Å²) in [5.74, 6) is -0.384. The monoisotopic (exact) mass is 470 g/mol. The van der Waals surface area contributed by atoms with Crippen LogP contribution in [-0.2, 0) is 27.2 Å². The van der Waals surface area contributed by atoms with E-state index in [9.17, 15) is 14.0 Å². The Bertz CT molecular complexity index is 1150. The van der Waals surface area contributed by atoms with Crippen LogP contribution in [0.4, 0.5) is 25.6 Å². The van der Waals surface area contributed by atoms with E-state index in [4.69, 9.17) is 24.5 Å². The Kier molecular flexibility index (Phi) is 6.85. The van der Waals surface area contributed by atoms with Gasteiger partial charge in [-0.05, 0) is 30.0 Å². The maximum absolute atomic E-state index is 13.9. The molecule has 4 heterocycles. The lowest BCUT2D eigenvalue weighted by Crippen LogP contribution is -2.40. The Hall–Kier alpha value is -3.82. The number of carbonyl (C=O) groups is 2. The summed E-state index contributed by atoms with van der Waals surface area (Å²) in [7, 11) is 2.94. The molecule has 2 aromatic rings. The summed E-state index contributed by atoms with van der Waals surface area (Å²) in [6.07, 6.45) is 1.19. The van der Waals surface area contributed by atoms with Gasteiger partial charge in [0.15, 0.2) is 0 Å². The van der Waals surface area contributed by atoms with Crippen LogP contribution in [0.5, 0.6) is 0 Å². The third kappa shape index (κ3) is 4.61. The summed E-state index contributed by atoms with van der Waals surface area (Å²) in [6.45, 7) is 1.43. The molecule has 1 fully saturated rings. The van der Waals surface area contributed by atoms with Crippen LogP contribution in [-0.4, -0.2) is 60.9 Å². The quantitative estimate of drug-likeness (QED) is 0.638. The van der Waals surface area contributed by atoms with E-state index in [1.165, 1.54) is 19.1 Å². The molecule has 0 atom stereocenters. The number of aromatic nitrogens is 2. The molecule has 12 heteroatoms. The van der Waals surface area contributed by atoms with Gasteiger partial charge in [0.2, 0.25) is 6.29 Å². The number of anilines is 2. The normalized spacial score (nSPS) is 15.2. The fourth-order valence-corrected chi connectivity index (χ4v) is 3.94. The number of methoxy groups -OCH3 is 2. The molecule has 0 aliphatic carbocycles. The van der Waals surface area contributed by atoms with Crippen molar-refractivity contribution in [2.24, 2.45) is 0 Å². The molecular weight excluding hydrogens is 447 g/mol. The Morgan fingerprint density at radius 3 is 2.79 bits per heavy atom. The van der Waals surface area contributed by atoms with Crippen molar-refractivity contribution in [2.45, 2.75) is 25.7 Å². The largest absolute Gasteiger partial charge is 0.448 e. The van der Waals surface area contributed by atoms with Crippen molar-refractivity contribution in [1.82, 2.24) is 14.9 Å². The molecule has 11 nitrogen and oxygen atoms in total. The van der Waals surface area contributed by atoms with Gasteiger partial charge in [-0.1, -0.05) is 0 Å². The van der Waals surface area contributed by atoms with Gasteiger partial charge >= 0.3 is 12.1 Å². The minimum absolute atomic E-state index is 0.0235. The van der Waals surface area contributed by atoms with Gasteiger partial charge in [-0.2, -0.15) is 5.26 Å². The van der Waals surface area contributed by atoms with Crippen LogP contribution in [0.1, 0.15) is 35.1 Å². The number of carbonyl (C=O) groups excluding carboxylic acids is 2. The molecule has 2 aliphatic heterocycles. The van der Waals surface area contributed by atoms with Gasteiger partial charge in [0.25, 0.3) is 0 Å². The molecule has 178 valence electrons. The number of pyridine rings is 2. The summed E-state index contributed by atoms with van der Waals surface area (Å²) >= 11 is 0. The average Bonchev–Trinajstić information content (AvgIpc) is 3.24. The maximum Gasteiger partial charge on any atom is 0.410 e. The Morgan fingerprint density at radius 1 is 1.35 bits per heavy atom. The zero-order valence-corrected chi connectivity index (χ0v) is 18.7. The van der Waals surface area contributed by atoms with Crippen molar-refractivity contribution >= 4 is 23.8 Å². The van der Waals surface area contributed by atoms with Gasteiger partial charge in [-0.15, -0.1) is 0 Å². The van der Waals surface area contributed by atoms with E-state index >= 15 is 0 Å². The Morgan fingerprint density at radius 2 is 2.15 bits per heavy atom. The van der Waals surface area contributed by atoms with Crippen molar-refractivity contribution in [2.75, 3.05) is 44.1 Å². The van der Waals surface area contributed by atoms with Crippen molar-refractivity contribution in [3.05, 3.63) is 46.5 Å². The van der Waals surface area contributed by atoms with Gasteiger partial charge in [-0.25, -0.2) is 23.9 Å². The van der Waals surface area contributed by atoms with Gasteiger partial charge in [0.05, 0.1) is 19.3 Å². The first kappa shape index (κ1) is 23.3. The fourth-order valence-electron chi connectivity index (χ4n) is 3.94. The third-order valence-corrected chi connectivity index (χ3v) is 5.59. The van der Waals surface area contributed by atoms with Gasteiger partial charge in [-0.3, -0.25) is 10.2 Å². The van der Waals surface area contributed by atoms with E-state index in [1.807, 2.05) is 6.07 Å². The number of nitrogens with one attached hydrogen (secondary N) is 1. The number of rotatable bonds is 6. The van der Waals surface area contributed by atoms with E-state index < -0.39 is 24.2 Å². The molecule has 0 saturated carbocycles. The van der Waals surface area contributed by atoms with Gasteiger partial charge < -0.3 is 19.1 Å². The van der Waals surface area contributed by atoms with E-state index in [0.29, 0.717) is 44.0 Å². The second-order valence-corrected chi connectivity index (χ2v) is 7.70. The summed E-state index contributed by atoms with van der Waals surface area (Å²) in [5.41, 5.74) is 1.76. The predicted molar refractivity (Wildman–Crippen MR) is 116 cm³/mol. The maximum atomic E-state index is 13.9. The lowest BCUT2D eigenvalue weighted by molar-refractivity contribution is -0.109. The number of amides is 3. The molecule has 1 saturated heterocycles. The Labute approximate surface area is 195 Å². The molecule has 2 aliphatic rings. The van der Waals surface area contributed by atoms with Crippen molar-refractivity contribution in [3.8, 4) is 6.07 Å². The number of fused-ring (bicyclic) bond motifs is 1. The summed E-state index contributed by atoms with van der Waals surface area (Å²) in [6, 6.07) is 4.03. The second kappa shape index (κ2) is 9.98. The first-order valence-electron chi connectivity index (χ1n) is 10.6. The molecule has 0 bridgehead atoms. The van der Waals surface area contributed by atoms with E-state index in [2.05, 4.69) is 10.3 Å². The van der Waals surface area contributed by atoms with Crippen LogP contribution in [0.15, 0.2) is 18.3 Å². The number of aryl methyl sites for hydroxylation is 1. The summed E-state index contributed by atoms with van der Waals surface area (Å²) < 4.78 is 29.8. The van der Waals surface area contributed by atoms with E-state index in [1.54, 1.807) is 11.0 Å². The highest BCUT2D eigenvalue weighted by Crippen LogP contribution is 2.32. The number of cyclic esters (lactones) is 1. The zero-order chi connectivity index (χ0) is 24.2. The first-order valence-corrected chi connectivity index (χ1v) is 10.6. The van der Waals surface area contributed by atoms with Crippen molar-refractivity contribution in [3.63, 3.8) is 0 Å². The standard InChI is InChI=1S/C22H23FN6O5/c1-32-20(33-2)18-14(12-28-6-7-34-22(28)31)8-13-4-3-5-29(19(13)27-18)21(30)26-17-9-16(23)15(10-24)11-25-17/h8-9,11,20H,3-7,12H2,1-2H3,(H,25,26,30). The predicted octanol–water partition coefficient (Wildman–Crippen LogP) is 2.72. The Balaban J connectivity index is 1.65. The van der Waals surface area contributed by atoms with Crippen LogP contribution >= 0.6 is 0 Å². The molecule has 0 unspecified atom stereocenters. The van der Waals surface area contributed by atoms with Gasteiger partial charge in [0.1, 0.15) is 41.4 Å². The topological polar surface area (TPSA) is 130 Å². The molecule has 0 radical (unpaired) electrons. The highest BCUT2D eigenvalue weighted by atomic mass is 19.1. The van der Waals surface area contributed by atoms with Crippen molar-refractivity contribution < 1.29 is 28.2 Å². The van der Waals surface area contributed by atoms with E-state index in [-0.39, 0.29) is 17.9 Å². The summed E-state index contributed by atoms with van der Waals surface area (Å²) in [5, 5.41) is 11.4. The highest BCUT2D eigenvalue weighted by molar-refractivity contribution is 6.01. The highest BCUT2D eigenvalue weighted by Gasteiger charge is 2.30. The number of hydrogen-bond acceptors (Lipinski definition) is 8. The molecule has 4 rings (SSSR count). The minimum atomic E-state index is -0.819. The number of nitrogens with zero attached hydrogens (tertiary/aromatic N) is 5. The number of urea groups is 1. The average molecular weight is 470 g/mol. The van der Waals surface area contributed by atoms with E-state index in [0.717, 1.165) is 23.4 Å². The van der Waals surface area contributed by atoms with Crippen LogP contribution in [0.3, 0.4) is 0 Å². The molecular formula is C22H23FN6O5. The first-order chi connectivity index (χ1) is 16.4. The zero-order valence-electron chi connectivity index (χ0n) is 18.7. The molecule has 3 amide bonds. The van der Waals surface area contributed by atoms with Crippen LogP contribution in [0.2, 0.25) is 0 Å². The number of ether oxygens (including phenoxy) is 3. The smallest absolute Gasteiger partial charge is 0.410 e. The SMILES string of the molecule is COC(OC)c1nc2c(cc1CN1CCOC1=O)CCCN2C(=O)Nc1cc(F)c(C#N)cn1. The molecule has 0 spiro atoms. The molecule has 34 heavy (non-hydrogen) atoms. The molecule has 0 aromatic carbocycles. The van der Waals surface area contributed by atoms with Crippen LogP contribution in [0.25, 0.3) is 0 Å². The number of halogens is 1. The van der Waals surface area contributed by atoms with Gasteiger partial charge in [0, 0.05) is 26.8 Å². The van der Waals surface area contributed by atoms with Crippen LogP contribution < -0.4 is 10.2 Å². The third-order valence-electron chi connectivity index (χ3n) is 5.59. The number of nitriles is 1. The van der Waals surface area contributed by atoms with Crippen molar-refractivity contribution in [1.29, 1.82) is 5.26 Å². The summed E-state index contributed by atoms with van der Waals surface area (Å²) in [4.78, 5) is 36.6. The number of hydrogen-bond donors (Lipinski definition) is 1. The van der Waals surface area contributed by atoms with Crippen LogP contribution in [0, 0.1) is 17.1 Å². The fraction of sp³-hybridized carbons (Fsp3) is 0.409. The lowest BCUT2D eigenvalue weighted by atomic mass is 10.0. The second-order valence-electron chi connectivity index (χ2n) is 7.70.